The molecule has 0 fully saturated rings. The van der Waals surface area contributed by atoms with Crippen LogP contribution in [-0.4, -0.2) is 28.4 Å². The number of aromatic nitrogens is 2. The number of rotatable bonds is 7. The molecule has 4 aromatic rings. The van der Waals surface area contributed by atoms with Crippen molar-refractivity contribution in [2.75, 3.05) is 13.2 Å². The topological polar surface area (TPSA) is 55.6 Å². The van der Waals surface area contributed by atoms with E-state index in [-0.39, 0.29) is 5.91 Å². The van der Waals surface area contributed by atoms with Crippen LogP contribution in [0.2, 0.25) is 0 Å². The van der Waals surface area contributed by atoms with E-state index in [0.29, 0.717) is 19.6 Å². The fourth-order valence-corrected chi connectivity index (χ4v) is 3.87. The minimum Gasteiger partial charge on any atom is -0.491 e. The maximum atomic E-state index is 12.3. The molecule has 0 unspecified atom stereocenters. The van der Waals surface area contributed by atoms with Gasteiger partial charge in [-0.2, -0.15) is 0 Å². The third-order valence-corrected chi connectivity index (χ3v) is 5.36. The Morgan fingerprint density at radius 3 is 2.75 bits per heavy atom. The second-order valence-corrected chi connectivity index (χ2v) is 7.35. The quantitative estimate of drug-likeness (QED) is 0.483. The van der Waals surface area contributed by atoms with Crippen LogP contribution in [0.15, 0.2) is 66.2 Å². The van der Waals surface area contributed by atoms with Gasteiger partial charge < -0.3 is 10.1 Å². The van der Waals surface area contributed by atoms with Crippen LogP contribution in [0.4, 0.5) is 0 Å². The SMILES string of the molecule is Cc1ccccc1OCCNC(=O)Cc1csc2nc(-c3ccccc3)cn12. The highest BCUT2D eigenvalue weighted by molar-refractivity contribution is 7.15. The van der Waals surface area contributed by atoms with Crippen LogP contribution in [0, 0.1) is 6.92 Å². The number of carbonyl (C=O) groups excluding carboxylic acids is 1. The van der Waals surface area contributed by atoms with Crippen molar-refractivity contribution in [3.8, 4) is 17.0 Å². The van der Waals surface area contributed by atoms with E-state index >= 15 is 0 Å². The standard InChI is InChI=1S/C22H21N3O2S/c1-16-7-5-6-10-20(16)27-12-11-23-21(26)13-18-15-28-22-24-19(14-25(18)22)17-8-3-2-4-9-17/h2-10,14-15H,11-13H2,1H3,(H,23,26). The predicted molar refractivity (Wildman–Crippen MR) is 112 cm³/mol. The van der Waals surface area contributed by atoms with Gasteiger partial charge in [-0.3, -0.25) is 9.20 Å². The zero-order chi connectivity index (χ0) is 19.3. The lowest BCUT2D eigenvalue weighted by Gasteiger charge is -2.09. The van der Waals surface area contributed by atoms with Crippen molar-refractivity contribution in [3.63, 3.8) is 0 Å². The van der Waals surface area contributed by atoms with Crippen LogP contribution >= 0.6 is 11.3 Å². The molecule has 0 bridgehead atoms. The second-order valence-electron chi connectivity index (χ2n) is 6.51. The van der Waals surface area contributed by atoms with E-state index in [2.05, 4.69) is 10.3 Å². The number of imidazole rings is 1. The van der Waals surface area contributed by atoms with Gasteiger partial charge in [-0.15, -0.1) is 11.3 Å². The number of hydrogen-bond donors (Lipinski definition) is 1. The van der Waals surface area contributed by atoms with Gasteiger partial charge >= 0.3 is 0 Å². The van der Waals surface area contributed by atoms with Crippen LogP contribution < -0.4 is 10.1 Å². The van der Waals surface area contributed by atoms with E-state index < -0.39 is 0 Å². The first-order valence-corrected chi connectivity index (χ1v) is 10.0. The maximum Gasteiger partial charge on any atom is 0.226 e. The summed E-state index contributed by atoms with van der Waals surface area (Å²) in [6.07, 6.45) is 2.31. The third-order valence-electron chi connectivity index (χ3n) is 4.47. The highest BCUT2D eigenvalue weighted by Crippen LogP contribution is 2.23. The number of carbonyl (C=O) groups is 1. The molecule has 28 heavy (non-hydrogen) atoms. The summed E-state index contributed by atoms with van der Waals surface area (Å²) >= 11 is 1.55. The third kappa shape index (κ3) is 4.07. The molecule has 1 amide bonds. The van der Waals surface area contributed by atoms with Crippen molar-refractivity contribution in [1.29, 1.82) is 0 Å². The molecule has 0 saturated carbocycles. The number of fused-ring (bicyclic) bond motifs is 1. The summed E-state index contributed by atoms with van der Waals surface area (Å²) in [5, 5.41) is 4.91. The number of amides is 1. The van der Waals surface area contributed by atoms with Crippen molar-refractivity contribution in [3.05, 3.63) is 77.4 Å². The first-order valence-electron chi connectivity index (χ1n) is 9.17. The molecule has 0 saturated heterocycles. The van der Waals surface area contributed by atoms with E-state index in [9.17, 15) is 4.79 Å². The Hall–Kier alpha value is -3.12. The molecule has 5 nitrogen and oxygen atoms in total. The van der Waals surface area contributed by atoms with Gasteiger partial charge in [-0.25, -0.2) is 4.98 Å². The lowest BCUT2D eigenvalue weighted by Crippen LogP contribution is -2.29. The summed E-state index contributed by atoms with van der Waals surface area (Å²) in [7, 11) is 0. The molecule has 6 heteroatoms. The molecule has 0 atom stereocenters. The largest absolute Gasteiger partial charge is 0.491 e. The van der Waals surface area contributed by atoms with Gasteiger partial charge in [0.2, 0.25) is 5.91 Å². The Morgan fingerprint density at radius 2 is 1.93 bits per heavy atom. The Kier molecular flexibility index (Phi) is 5.39. The smallest absolute Gasteiger partial charge is 0.226 e. The van der Waals surface area contributed by atoms with Crippen molar-refractivity contribution in [1.82, 2.24) is 14.7 Å². The van der Waals surface area contributed by atoms with Crippen molar-refractivity contribution >= 4 is 22.2 Å². The van der Waals surface area contributed by atoms with Crippen molar-refractivity contribution in [2.24, 2.45) is 0 Å². The summed E-state index contributed by atoms with van der Waals surface area (Å²) in [4.78, 5) is 17.9. The normalized spacial score (nSPS) is 10.9. The Labute approximate surface area is 167 Å². The van der Waals surface area contributed by atoms with Crippen molar-refractivity contribution in [2.45, 2.75) is 13.3 Å². The van der Waals surface area contributed by atoms with Gasteiger partial charge in [-0.1, -0.05) is 48.5 Å². The first-order chi connectivity index (χ1) is 13.7. The Balaban J connectivity index is 1.33. The molecule has 0 radical (unpaired) electrons. The van der Waals surface area contributed by atoms with Gasteiger partial charge in [0.05, 0.1) is 18.7 Å². The molecule has 142 valence electrons. The summed E-state index contributed by atoms with van der Waals surface area (Å²) in [6.45, 7) is 2.92. The summed E-state index contributed by atoms with van der Waals surface area (Å²) in [5.74, 6) is 0.825. The molecule has 0 spiro atoms. The molecule has 2 heterocycles. The minimum atomic E-state index is -0.0250. The molecule has 2 aromatic heterocycles. The number of aryl methyl sites for hydroxylation is 1. The second kappa shape index (κ2) is 8.27. The number of benzene rings is 2. The number of nitrogens with one attached hydrogen (secondary N) is 1. The average Bonchev–Trinajstić information content (AvgIpc) is 3.29. The van der Waals surface area contributed by atoms with Crippen LogP contribution in [0.25, 0.3) is 16.2 Å². The Bertz CT molecular complexity index is 1090. The highest BCUT2D eigenvalue weighted by Gasteiger charge is 2.12. The van der Waals surface area contributed by atoms with E-state index in [4.69, 9.17) is 4.74 Å². The first kappa shape index (κ1) is 18.3. The lowest BCUT2D eigenvalue weighted by molar-refractivity contribution is -0.120. The number of nitrogens with zero attached hydrogens (tertiary/aromatic N) is 2. The van der Waals surface area contributed by atoms with Gasteiger partial charge in [-0.05, 0) is 18.6 Å². The minimum absolute atomic E-state index is 0.0250. The van der Waals surface area contributed by atoms with Crippen LogP contribution in [0.1, 0.15) is 11.3 Å². The lowest BCUT2D eigenvalue weighted by atomic mass is 10.2. The number of thiazole rings is 1. The fraction of sp³-hybridized carbons (Fsp3) is 0.182. The van der Waals surface area contributed by atoms with Gasteiger partial charge in [0.15, 0.2) is 4.96 Å². The molecular weight excluding hydrogens is 370 g/mol. The van der Waals surface area contributed by atoms with Crippen molar-refractivity contribution < 1.29 is 9.53 Å². The van der Waals surface area contributed by atoms with Crippen LogP contribution in [0.3, 0.4) is 0 Å². The highest BCUT2D eigenvalue weighted by atomic mass is 32.1. The van der Waals surface area contributed by atoms with Crippen LogP contribution in [-0.2, 0) is 11.2 Å². The molecule has 0 aliphatic heterocycles. The van der Waals surface area contributed by atoms with Crippen LogP contribution in [0.5, 0.6) is 5.75 Å². The van der Waals surface area contributed by atoms with E-state index in [0.717, 1.165) is 33.2 Å². The number of ether oxygens (including phenoxy) is 1. The molecule has 0 aliphatic rings. The molecule has 0 aliphatic carbocycles. The zero-order valence-electron chi connectivity index (χ0n) is 15.6. The summed E-state index contributed by atoms with van der Waals surface area (Å²) < 4.78 is 7.71. The summed E-state index contributed by atoms with van der Waals surface area (Å²) in [6, 6.07) is 17.9. The van der Waals surface area contributed by atoms with Gasteiger partial charge in [0.1, 0.15) is 12.4 Å². The average molecular weight is 391 g/mol. The zero-order valence-corrected chi connectivity index (χ0v) is 16.4. The van der Waals surface area contributed by atoms with Gasteiger partial charge in [0, 0.05) is 22.8 Å². The summed E-state index contributed by atoms with van der Waals surface area (Å²) in [5.41, 5.74) is 4.01. The monoisotopic (exact) mass is 391 g/mol. The van der Waals surface area contributed by atoms with E-state index in [1.165, 1.54) is 0 Å². The van der Waals surface area contributed by atoms with Gasteiger partial charge in [0.25, 0.3) is 0 Å². The maximum absolute atomic E-state index is 12.3. The Morgan fingerprint density at radius 1 is 1.14 bits per heavy atom. The molecule has 4 rings (SSSR count). The van der Waals surface area contributed by atoms with E-state index in [1.54, 1.807) is 11.3 Å². The predicted octanol–water partition coefficient (Wildman–Crippen LogP) is 4.11. The molecule has 2 aromatic carbocycles. The number of para-hydroxylation sites is 1. The van der Waals surface area contributed by atoms with E-state index in [1.807, 2.05) is 77.5 Å². The molecular formula is C22H21N3O2S. The number of hydrogen-bond acceptors (Lipinski definition) is 4. The fourth-order valence-electron chi connectivity index (χ4n) is 3.00. The molecule has 1 N–H and O–H groups in total.